The number of hydrogen-bond acceptors (Lipinski definition) is 4. The molecule has 1 aromatic carbocycles. The lowest BCUT2D eigenvalue weighted by Gasteiger charge is -2.36. The van der Waals surface area contributed by atoms with E-state index in [4.69, 9.17) is 0 Å². The van der Waals surface area contributed by atoms with E-state index in [1.165, 1.54) is 6.07 Å². The topological polar surface area (TPSA) is 43.8 Å². The van der Waals surface area contributed by atoms with Gasteiger partial charge in [0.05, 0.1) is 5.92 Å². The van der Waals surface area contributed by atoms with E-state index in [-0.39, 0.29) is 17.5 Å². The van der Waals surface area contributed by atoms with Crippen LogP contribution < -0.4 is 4.90 Å². The molecule has 0 aromatic heterocycles. The Morgan fingerprint density at radius 1 is 1.22 bits per heavy atom. The van der Waals surface area contributed by atoms with Gasteiger partial charge in [-0.05, 0) is 41.3 Å². The summed E-state index contributed by atoms with van der Waals surface area (Å²) in [6.07, 6.45) is 6.52. The summed E-state index contributed by atoms with van der Waals surface area (Å²) in [5, 5.41) is 10.4. The van der Waals surface area contributed by atoms with Crippen LogP contribution in [-0.2, 0) is 4.79 Å². The van der Waals surface area contributed by atoms with E-state index in [1.54, 1.807) is 18.2 Å². The summed E-state index contributed by atoms with van der Waals surface area (Å²) >= 11 is 0. The molecule has 1 heterocycles. The zero-order chi connectivity index (χ0) is 19.4. The molecule has 1 aromatic rings. The van der Waals surface area contributed by atoms with Crippen LogP contribution >= 0.6 is 0 Å². The summed E-state index contributed by atoms with van der Waals surface area (Å²) in [5.41, 5.74) is 2.83. The molecule has 5 heteroatoms. The first-order valence-corrected chi connectivity index (χ1v) is 9.47. The van der Waals surface area contributed by atoms with Crippen LogP contribution in [0.1, 0.15) is 13.8 Å². The summed E-state index contributed by atoms with van der Waals surface area (Å²) < 4.78 is 13.4. The molecule has 2 aliphatic rings. The molecule has 1 unspecified atom stereocenters. The van der Waals surface area contributed by atoms with Crippen LogP contribution in [0.15, 0.2) is 59.4 Å². The van der Waals surface area contributed by atoms with E-state index in [0.717, 1.165) is 49.3 Å². The number of nitrogens with zero attached hydrogens (tertiary/aromatic N) is 2. The number of anilines is 1. The van der Waals surface area contributed by atoms with Crippen molar-refractivity contribution in [2.24, 2.45) is 11.8 Å². The molecule has 0 amide bonds. The van der Waals surface area contributed by atoms with Gasteiger partial charge < -0.3 is 14.8 Å². The van der Waals surface area contributed by atoms with E-state index in [9.17, 15) is 14.3 Å². The number of hydrogen-bond donors (Lipinski definition) is 1. The third-order valence-corrected chi connectivity index (χ3v) is 5.28. The number of piperazine rings is 1. The van der Waals surface area contributed by atoms with Crippen molar-refractivity contribution >= 4 is 12.0 Å². The van der Waals surface area contributed by atoms with Gasteiger partial charge in [0.25, 0.3) is 0 Å². The fourth-order valence-electron chi connectivity index (χ4n) is 3.57. The van der Waals surface area contributed by atoms with Crippen LogP contribution in [0, 0.1) is 17.7 Å². The second-order valence-electron chi connectivity index (χ2n) is 7.49. The van der Waals surface area contributed by atoms with Crippen LogP contribution in [0.25, 0.3) is 0 Å². The summed E-state index contributed by atoms with van der Waals surface area (Å²) in [6, 6.07) is 6.68. The zero-order valence-electron chi connectivity index (χ0n) is 15.9. The molecule has 0 saturated carbocycles. The lowest BCUT2D eigenvalue weighted by molar-refractivity contribution is -0.110. The van der Waals surface area contributed by atoms with Crippen molar-refractivity contribution in [3.05, 3.63) is 65.2 Å². The first-order valence-electron chi connectivity index (χ1n) is 9.47. The Kier molecular flexibility index (Phi) is 6.11. The van der Waals surface area contributed by atoms with Crippen molar-refractivity contribution in [2.75, 3.05) is 37.6 Å². The van der Waals surface area contributed by atoms with E-state index < -0.39 is 5.92 Å². The largest absolute Gasteiger partial charge is 0.511 e. The number of halogens is 1. The van der Waals surface area contributed by atoms with Gasteiger partial charge in [0, 0.05) is 38.4 Å². The van der Waals surface area contributed by atoms with Crippen molar-refractivity contribution in [2.45, 2.75) is 13.8 Å². The lowest BCUT2D eigenvalue weighted by atomic mass is 9.97. The molecule has 144 valence electrons. The molecular weight excluding hydrogens is 343 g/mol. The Morgan fingerprint density at radius 3 is 2.59 bits per heavy atom. The Morgan fingerprint density at radius 2 is 1.96 bits per heavy atom. The van der Waals surface area contributed by atoms with Crippen LogP contribution in [0.4, 0.5) is 10.1 Å². The van der Waals surface area contributed by atoms with Gasteiger partial charge in [-0.15, -0.1) is 0 Å². The first-order chi connectivity index (χ1) is 13.0. The zero-order valence-corrected chi connectivity index (χ0v) is 15.9. The molecule has 0 radical (unpaired) electrons. The van der Waals surface area contributed by atoms with Crippen molar-refractivity contribution in [1.29, 1.82) is 0 Å². The molecule has 4 nitrogen and oxygen atoms in total. The van der Waals surface area contributed by atoms with Gasteiger partial charge in [-0.3, -0.25) is 4.90 Å². The smallest absolute Gasteiger partial charge is 0.134 e. The van der Waals surface area contributed by atoms with Gasteiger partial charge >= 0.3 is 0 Å². The summed E-state index contributed by atoms with van der Waals surface area (Å²) in [7, 11) is 0. The number of rotatable bonds is 5. The molecule has 1 aliphatic carbocycles. The van der Waals surface area contributed by atoms with Gasteiger partial charge in [0.2, 0.25) is 0 Å². The standard InChI is InChI=1S/C22H27FN2O2/c1-16(2)17-6-7-18(21(15-26)22(27)12-17)14-24-8-10-25(11-9-24)20-5-3-4-19(23)13-20/h3-7,12-13,15-16,21,27H,8-11,14H2,1-2H3. The minimum atomic E-state index is -0.584. The van der Waals surface area contributed by atoms with E-state index in [1.807, 2.05) is 18.2 Å². The van der Waals surface area contributed by atoms with E-state index >= 15 is 0 Å². The predicted octanol–water partition coefficient (Wildman–Crippen LogP) is 3.73. The van der Waals surface area contributed by atoms with Crippen LogP contribution in [-0.4, -0.2) is 49.0 Å². The number of aliphatic hydroxyl groups excluding tert-OH is 1. The third kappa shape index (κ3) is 4.66. The maximum atomic E-state index is 13.4. The second-order valence-corrected chi connectivity index (χ2v) is 7.49. The van der Waals surface area contributed by atoms with Gasteiger partial charge in [0.15, 0.2) is 0 Å². The first kappa shape index (κ1) is 19.4. The average molecular weight is 370 g/mol. The average Bonchev–Trinajstić information content (AvgIpc) is 2.81. The van der Waals surface area contributed by atoms with Crippen molar-refractivity contribution in [3.63, 3.8) is 0 Å². The maximum Gasteiger partial charge on any atom is 0.134 e. The number of aliphatic hydroxyl groups is 1. The molecule has 1 atom stereocenters. The van der Waals surface area contributed by atoms with Crippen molar-refractivity contribution < 1.29 is 14.3 Å². The quantitative estimate of drug-likeness (QED) is 0.802. The highest BCUT2D eigenvalue weighted by Crippen LogP contribution is 2.26. The fraction of sp³-hybridized carbons (Fsp3) is 0.409. The summed E-state index contributed by atoms with van der Waals surface area (Å²) in [5.74, 6) is -0.405. The lowest BCUT2D eigenvalue weighted by Crippen LogP contribution is -2.47. The Hall–Kier alpha value is -2.40. The highest BCUT2D eigenvalue weighted by molar-refractivity contribution is 5.65. The molecule has 1 fully saturated rings. The number of carbonyl (C=O) groups is 1. The van der Waals surface area contributed by atoms with E-state index in [2.05, 4.69) is 23.6 Å². The van der Waals surface area contributed by atoms with Crippen molar-refractivity contribution in [3.8, 4) is 0 Å². The maximum absolute atomic E-state index is 13.4. The van der Waals surface area contributed by atoms with Crippen LogP contribution in [0.3, 0.4) is 0 Å². The van der Waals surface area contributed by atoms with Crippen molar-refractivity contribution in [1.82, 2.24) is 4.90 Å². The fourth-order valence-corrected chi connectivity index (χ4v) is 3.57. The summed E-state index contributed by atoms with van der Waals surface area (Å²) in [4.78, 5) is 16.0. The Bertz CT molecular complexity index is 774. The second kappa shape index (κ2) is 8.53. The molecular formula is C22H27FN2O2. The molecule has 27 heavy (non-hydrogen) atoms. The van der Waals surface area contributed by atoms with Gasteiger partial charge in [-0.1, -0.05) is 32.1 Å². The van der Waals surface area contributed by atoms with E-state index in [0.29, 0.717) is 6.54 Å². The highest BCUT2D eigenvalue weighted by Gasteiger charge is 2.25. The molecule has 1 saturated heterocycles. The monoisotopic (exact) mass is 370 g/mol. The van der Waals surface area contributed by atoms with Crippen LogP contribution in [0.2, 0.25) is 0 Å². The van der Waals surface area contributed by atoms with Crippen LogP contribution in [0.5, 0.6) is 0 Å². The highest BCUT2D eigenvalue weighted by atomic mass is 19.1. The minimum Gasteiger partial charge on any atom is -0.511 e. The molecule has 1 N–H and O–H groups in total. The molecule has 1 aliphatic heterocycles. The number of benzene rings is 1. The molecule has 0 spiro atoms. The molecule has 0 bridgehead atoms. The third-order valence-electron chi connectivity index (χ3n) is 5.28. The predicted molar refractivity (Wildman–Crippen MR) is 106 cm³/mol. The number of carbonyl (C=O) groups excluding carboxylic acids is 1. The minimum absolute atomic E-state index is 0.118. The molecule has 3 rings (SSSR count). The number of allylic oxidation sites excluding steroid dienone is 5. The Balaban J connectivity index is 1.67. The normalized spacial score (nSPS) is 21.4. The van der Waals surface area contributed by atoms with Gasteiger partial charge in [-0.2, -0.15) is 0 Å². The van der Waals surface area contributed by atoms with Gasteiger partial charge in [-0.25, -0.2) is 4.39 Å². The Labute approximate surface area is 160 Å². The number of aldehydes is 1. The van der Waals surface area contributed by atoms with Gasteiger partial charge in [0.1, 0.15) is 17.9 Å². The summed E-state index contributed by atoms with van der Waals surface area (Å²) in [6.45, 7) is 8.02. The SMILES string of the molecule is CC(C)C1=CC=C(CN2CCN(c3cccc(F)c3)CC2)C(C=O)C(O)=C1.